The van der Waals surface area contributed by atoms with E-state index in [2.05, 4.69) is 20.9 Å². The van der Waals surface area contributed by atoms with Gasteiger partial charge in [0.15, 0.2) is 0 Å². The van der Waals surface area contributed by atoms with Crippen molar-refractivity contribution < 1.29 is 9.53 Å². The zero-order valence-electron chi connectivity index (χ0n) is 9.85. The number of halogens is 1. The minimum atomic E-state index is 0.0751. The second-order valence-corrected chi connectivity index (χ2v) is 5.70. The van der Waals surface area contributed by atoms with E-state index in [1.54, 1.807) is 5.51 Å². The molecule has 1 saturated heterocycles. The topological polar surface area (TPSA) is 42.4 Å². The molecule has 6 heteroatoms. The monoisotopic (exact) mass is 318 g/mol. The lowest BCUT2D eigenvalue weighted by Gasteiger charge is -2.36. The number of amides is 1. The summed E-state index contributed by atoms with van der Waals surface area (Å²) in [6.07, 6.45) is 0.166. The first-order valence-electron chi connectivity index (χ1n) is 5.52. The third kappa shape index (κ3) is 2.86. The van der Waals surface area contributed by atoms with Crippen LogP contribution in [0, 0.1) is 6.92 Å². The molecule has 2 heterocycles. The van der Waals surface area contributed by atoms with Crippen LogP contribution in [0.2, 0.25) is 0 Å². The van der Waals surface area contributed by atoms with Crippen LogP contribution in [0.15, 0.2) is 5.51 Å². The summed E-state index contributed by atoms with van der Waals surface area (Å²) in [4.78, 5) is 19.0. The van der Waals surface area contributed by atoms with Gasteiger partial charge in [-0.15, -0.1) is 11.3 Å². The summed E-state index contributed by atoms with van der Waals surface area (Å²) in [5, 5.41) is 0.753. The highest BCUT2D eigenvalue weighted by Gasteiger charge is 2.29. The number of nitrogens with zero attached hydrogens (tertiary/aromatic N) is 2. The van der Waals surface area contributed by atoms with Crippen molar-refractivity contribution in [2.75, 3.05) is 18.4 Å². The molecule has 1 amide bonds. The molecule has 1 aromatic rings. The number of morpholine rings is 1. The lowest BCUT2D eigenvalue weighted by Crippen LogP contribution is -2.49. The average molecular weight is 319 g/mol. The van der Waals surface area contributed by atoms with E-state index in [1.807, 2.05) is 18.7 Å². The maximum Gasteiger partial charge on any atom is 0.266 e. The van der Waals surface area contributed by atoms with Gasteiger partial charge in [-0.3, -0.25) is 4.79 Å². The van der Waals surface area contributed by atoms with Crippen LogP contribution < -0.4 is 0 Å². The highest BCUT2D eigenvalue weighted by atomic mass is 79.9. The Morgan fingerprint density at radius 2 is 2.47 bits per heavy atom. The molecule has 0 saturated carbocycles. The van der Waals surface area contributed by atoms with Crippen molar-refractivity contribution >= 4 is 33.2 Å². The molecule has 0 aromatic carbocycles. The van der Waals surface area contributed by atoms with Gasteiger partial charge in [0.2, 0.25) is 0 Å². The van der Waals surface area contributed by atoms with Gasteiger partial charge in [-0.25, -0.2) is 4.98 Å². The SMILES string of the molecule is Cc1ncsc1C(=O)N1CC(C)OC(CBr)C1. The molecule has 17 heavy (non-hydrogen) atoms. The highest BCUT2D eigenvalue weighted by Crippen LogP contribution is 2.19. The number of aryl methyl sites for hydroxylation is 1. The van der Waals surface area contributed by atoms with E-state index in [0.29, 0.717) is 13.1 Å². The molecule has 0 aliphatic carbocycles. The molecule has 2 rings (SSSR count). The van der Waals surface area contributed by atoms with E-state index in [4.69, 9.17) is 4.74 Å². The van der Waals surface area contributed by atoms with Crippen LogP contribution in [0.25, 0.3) is 0 Å². The summed E-state index contributed by atoms with van der Waals surface area (Å²) in [5.74, 6) is 0.0751. The normalized spacial score (nSPS) is 25.0. The zero-order chi connectivity index (χ0) is 12.4. The van der Waals surface area contributed by atoms with E-state index >= 15 is 0 Å². The molecule has 94 valence electrons. The summed E-state index contributed by atoms with van der Waals surface area (Å²) in [6.45, 7) is 5.16. The van der Waals surface area contributed by atoms with Crippen LogP contribution in [0.1, 0.15) is 22.3 Å². The summed E-state index contributed by atoms with van der Waals surface area (Å²) in [5.41, 5.74) is 2.53. The Morgan fingerprint density at radius 1 is 1.71 bits per heavy atom. The van der Waals surface area contributed by atoms with E-state index in [-0.39, 0.29) is 18.1 Å². The molecule has 1 aliphatic heterocycles. The molecule has 1 aromatic heterocycles. The number of ether oxygens (including phenoxy) is 1. The third-order valence-electron chi connectivity index (χ3n) is 2.73. The molecule has 0 bridgehead atoms. The van der Waals surface area contributed by atoms with Gasteiger partial charge < -0.3 is 9.64 Å². The Bertz CT molecular complexity index is 410. The van der Waals surface area contributed by atoms with Crippen LogP contribution in [-0.4, -0.2) is 46.4 Å². The number of carbonyl (C=O) groups excluding carboxylic acids is 1. The zero-order valence-corrected chi connectivity index (χ0v) is 12.3. The van der Waals surface area contributed by atoms with Gasteiger partial charge >= 0.3 is 0 Å². The molecule has 4 nitrogen and oxygen atoms in total. The molecule has 0 radical (unpaired) electrons. The van der Waals surface area contributed by atoms with Gasteiger partial charge in [-0.05, 0) is 13.8 Å². The van der Waals surface area contributed by atoms with Crippen LogP contribution in [0.4, 0.5) is 0 Å². The lowest BCUT2D eigenvalue weighted by molar-refractivity contribution is -0.0558. The number of carbonyl (C=O) groups is 1. The fourth-order valence-electron chi connectivity index (χ4n) is 1.95. The molecular weight excluding hydrogens is 304 g/mol. The number of hydrogen-bond acceptors (Lipinski definition) is 4. The predicted octanol–water partition coefficient (Wildman–Crippen LogP) is 2.08. The van der Waals surface area contributed by atoms with Gasteiger partial charge in [0.25, 0.3) is 5.91 Å². The van der Waals surface area contributed by atoms with Crippen LogP contribution in [0.3, 0.4) is 0 Å². The summed E-state index contributed by atoms with van der Waals surface area (Å²) < 4.78 is 5.71. The summed E-state index contributed by atoms with van der Waals surface area (Å²) >= 11 is 4.81. The number of hydrogen-bond donors (Lipinski definition) is 0. The van der Waals surface area contributed by atoms with E-state index < -0.39 is 0 Å². The van der Waals surface area contributed by atoms with Crippen LogP contribution >= 0.6 is 27.3 Å². The van der Waals surface area contributed by atoms with Gasteiger partial charge in [0.05, 0.1) is 23.4 Å². The first kappa shape index (κ1) is 13.0. The fraction of sp³-hybridized carbons (Fsp3) is 0.636. The molecule has 0 N–H and O–H groups in total. The number of rotatable bonds is 2. The Labute approximate surface area is 113 Å². The van der Waals surface area contributed by atoms with E-state index in [0.717, 1.165) is 15.9 Å². The molecule has 2 unspecified atom stereocenters. The molecule has 2 atom stereocenters. The van der Waals surface area contributed by atoms with Crippen molar-refractivity contribution in [2.24, 2.45) is 0 Å². The first-order valence-corrected chi connectivity index (χ1v) is 7.52. The molecular formula is C11H15BrN2O2S. The third-order valence-corrected chi connectivity index (χ3v) is 4.36. The fourth-order valence-corrected chi connectivity index (χ4v) is 3.07. The maximum atomic E-state index is 12.3. The van der Waals surface area contributed by atoms with E-state index in [9.17, 15) is 4.79 Å². The molecule has 0 spiro atoms. The number of thiazole rings is 1. The Kier molecular flexibility index (Phi) is 4.17. The highest BCUT2D eigenvalue weighted by molar-refractivity contribution is 9.09. The largest absolute Gasteiger partial charge is 0.371 e. The predicted molar refractivity (Wildman–Crippen MR) is 70.9 cm³/mol. The average Bonchev–Trinajstić information content (AvgIpc) is 2.73. The van der Waals surface area contributed by atoms with Gasteiger partial charge in [-0.2, -0.15) is 0 Å². The standard InChI is InChI=1S/C11H15BrN2O2S/c1-7-4-14(5-9(3-12)16-7)11(15)10-8(2)13-6-17-10/h6-7,9H,3-5H2,1-2H3. The van der Waals surface area contributed by atoms with Crippen molar-refractivity contribution in [3.8, 4) is 0 Å². The van der Waals surface area contributed by atoms with Crippen molar-refractivity contribution in [2.45, 2.75) is 26.1 Å². The minimum Gasteiger partial charge on any atom is -0.371 e. The number of aromatic nitrogens is 1. The lowest BCUT2D eigenvalue weighted by atomic mass is 10.2. The molecule has 1 aliphatic rings. The second-order valence-electron chi connectivity index (χ2n) is 4.20. The van der Waals surface area contributed by atoms with Crippen molar-refractivity contribution in [3.05, 3.63) is 16.1 Å². The van der Waals surface area contributed by atoms with Crippen molar-refractivity contribution in [1.29, 1.82) is 0 Å². The minimum absolute atomic E-state index is 0.0751. The summed E-state index contributed by atoms with van der Waals surface area (Å²) in [7, 11) is 0. The number of alkyl halides is 1. The van der Waals surface area contributed by atoms with E-state index in [1.165, 1.54) is 11.3 Å². The van der Waals surface area contributed by atoms with Crippen molar-refractivity contribution in [3.63, 3.8) is 0 Å². The first-order chi connectivity index (χ1) is 8.11. The van der Waals surface area contributed by atoms with Gasteiger partial charge in [0, 0.05) is 18.4 Å². The summed E-state index contributed by atoms with van der Waals surface area (Å²) in [6, 6.07) is 0. The van der Waals surface area contributed by atoms with Gasteiger partial charge in [0.1, 0.15) is 4.88 Å². The van der Waals surface area contributed by atoms with Crippen LogP contribution in [-0.2, 0) is 4.74 Å². The Hall–Kier alpha value is -0.460. The van der Waals surface area contributed by atoms with Crippen LogP contribution in [0.5, 0.6) is 0 Å². The molecule has 1 fully saturated rings. The van der Waals surface area contributed by atoms with Crippen molar-refractivity contribution in [1.82, 2.24) is 9.88 Å². The quantitative estimate of drug-likeness (QED) is 0.784. The smallest absolute Gasteiger partial charge is 0.266 e. The Morgan fingerprint density at radius 3 is 3.06 bits per heavy atom. The maximum absolute atomic E-state index is 12.3. The Balaban J connectivity index is 2.11. The second kappa shape index (κ2) is 5.46. The van der Waals surface area contributed by atoms with Gasteiger partial charge in [-0.1, -0.05) is 15.9 Å².